The summed E-state index contributed by atoms with van der Waals surface area (Å²) in [6, 6.07) is 1.86. The van der Waals surface area contributed by atoms with Gasteiger partial charge in [0.15, 0.2) is 6.10 Å². The number of hydrogen-bond acceptors (Lipinski definition) is 6. The van der Waals surface area contributed by atoms with Gasteiger partial charge in [-0.1, -0.05) is 0 Å². The Morgan fingerprint density at radius 3 is 2.45 bits per heavy atom. The van der Waals surface area contributed by atoms with E-state index in [1.807, 2.05) is 6.07 Å². The van der Waals surface area contributed by atoms with Crippen molar-refractivity contribution in [2.24, 2.45) is 17.8 Å². The summed E-state index contributed by atoms with van der Waals surface area (Å²) in [6.45, 7) is -0.123. The highest BCUT2D eigenvalue weighted by Crippen LogP contribution is 2.47. The molecule has 0 aromatic carbocycles. The van der Waals surface area contributed by atoms with E-state index in [1.165, 1.54) is 7.11 Å². The van der Waals surface area contributed by atoms with Gasteiger partial charge < -0.3 is 18.9 Å². The third kappa shape index (κ3) is 4.76. The fourth-order valence-corrected chi connectivity index (χ4v) is 5.28. The maximum absolute atomic E-state index is 13.9. The van der Waals surface area contributed by atoms with Gasteiger partial charge in [-0.2, -0.15) is 18.4 Å². The molecule has 0 spiro atoms. The van der Waals surface area contributed by atoms with Gasteiger partial charge in [-0.25, -0.2) is 0 Å². The summed E-state index contributed by atoms with van der Waals surface area (Å²) < 4.78 is 63.4. The second-order valence-corrected chi connectivity index (χ2v) is 8.20. The van der Waals surface area contributed by atoms with Gasteiger partial charge >= 0.3 is 6.18 Å². The molecule has 0 radical (unpaired) electrons. The Morgan fingerprint density at radius 1 is 1.10 bits per heavy atom. The largest absolute Gasteiger partial charge is 0.415 e. The Labute approximate surface area is 168 Å². The average Bonchev–Trinajstić information content (AvgIpc) is 2.70. The van der Waals surface area contributed by atoms with E-state index in [0.717, 1.165) is 0 Å². The lowest BCUT2D eigenvalue weighted by atomic mass is 9.66. The first kappa shape index (κ1) is 22.5. The summed E-state index contributed by atoms with van der Waals surface area (Å²) in [4.78, 5) is 13.2. The van der Waals surface area contributed by atoms with Crippen LogP contribution in [0.1, 0.15) is 38.5 Å². The number of ketones is 1. The number of hydrogen-bond donors (Lipinski definition) is 0. The van der Waals surface area contributed by atoms with Crippen LogP contribution in [0.2, 0.25) is 0 Å². The van der Waals surface area contributed by atoms with Crippen LogP contribution in [0.15, 0.2) is 0 Å². The molecule has 6 nitrogen and oxygen atoms in total. The first-order chi connectivity index (χ1) is 13.8. The van der Waals surface area contributed by atoms with Gasteiger partial charge in [0.05, 0.1) is 36.4 Å². The highest BCUT2D eigenvalue weighted by atomic mass is 19.4. The Morgan fingerprint density at radius 2 is 1.83 bits per heavy atom. The molecule has 1 saturated heterocycles. The molecule has 1 heterocycles. The van der Waals surface area contributed by atoms with Crippen molar-refractivity contribution in [1.82, 2.24) is 0 Å². The maximum atomic E-state index is 13.9. The minimum absolute atomic E-state index is 0.123. The Bertz CT molecular complexity index is 622. The zero-order chi connectivity index (χ0) is 21.2. The summed E-state index contributed by atoms with van der Waals surface area (Å²) in [5.41, 5.74) is 0. The van der Waals surface area contributed by atoms with E-state index < -0.39 is 36.1 Å². The van der Waals surface area contributed by atoms with Crippen LogP contribution < -0.4 is 0 Å². The maximum Gasteiger partial charge on any atom is 0.415 e. The highest BCUT2D eigenvalue weighted by molar-refractivity contribution is 5.86. The molecular formula is C20H28F3NO5. The predicted molar refractivity (Wildman–Crippen MR) is 94.8 cm³/mol. The Balaban J connectivity index is 1.79. The van der Waals surface area contributed by atoms with Crippen LogP contribution in [0.4, 0.5) is 13.2 Å². The van der Waals surface area contributed by atoms with Gasteiger partial charge in [0.1, 0.15) is 12.4 Å². The van der Waals surface area contributed by atoms with Crippen molar-refractivity contribution in [3.8, 4) is 6.07 Å². The number of carbonyl (C=O) groups excluding carboxylic acids is 1. The number of methoxy groups -OCH3 is 2. The van der Waals surface area contributed by atoms with Gasteiger partial charge in [-0.15, -0.1) is 0 Å². The molecule has 2 aliphatic carbocycles. The molecule has 0 amide bonds. The van der Waals surface area contributed by atoms with E-state index in [9.17, 15) is 18.0 Å². The molecule has 2 saturated carbocycles. The number of rotatable bonds is 5. The molecule has 29 heavy (non-hydrogen) atoms. The van der Waals surface area contributed by atoms with E-state index in [0.29, 0.717) is 32.1 Å². The molecule has 0 aromatic rings. The zero-order valence-corrected chi connectivity index (χ0v) is 16.7. The third-order valence-electron chi connectivity index (χ3n) is 6.68. The van der Waals surface area contributed by atoms with Crippen molar-refractivity contribution in [3.05, 3.63) is 0 Å². The van der Waals surface area contributed by atoms with E-state index in [-0.39, 0.29) is 37.1 Å². The van der Waals surface area contributed by atoms with Gasteiger partial charge in [0, 0.05) is 26.6 Å². The number of nitriles is 1. The lowest BCUT2D eigenvalue weighted by Crippen LogP contribution is -2.59. The SMILES string of the molecule is COC1CCC(C2C(=O)C3CCC(OCC#N)CC3OC2C(F)(F)F)CC1OC. The van der Waals surface area contributed by atoms with Crippen LogP contribution in [0.5, 0.6) is 0 Å². The normalized spacial score (nSPS) is 40.9. The van der Waals surface area contributed by atoms with Crippen molar-refractivity contribution in [3.63, 3.8) is 0 Å². The second-order valence-electron chi connectivity index (χ2n) is 8.20. The first-order valence-electron chi connectivity index (χ1n) is 10.1. The fourth-order valence-electron chi connectivity index (χ4n) is 5.28. The monoisotopic (exact) mass is 419 g/mol. The number of carbonyl (C=O) groups is 1. The molecule has 8 atom stereocenters. The molecule has 0 aromatic heterocycles. The van der Waals surface area contributed by atoms with E-state index in [2.05, 4.69) is 0 Å². The first-order valence-corrected chi connectivity index (χ1v) is 10.1. The standard InChI is InChI=1S/C20H28F3NO5/c1-26-14-6-3-11(9-16(14)27-2)17-18(25)13-5-4-12(28-8-7-24)10-15(13)29-19(17)20(21,22)23/h11-17,19H,3-6,8-10H2,1-2H3. The van der Waals surface area contributed by atoms with Gasteiger partial charge in [-0.05, 0) is 38.0 Å². The van der Waals surface area contributed by atoms with Crippen LogP contribution >= 0.6 is 0 Å². The number of halogens is 3. The Hall–Kier alpha value is -1.21. The number of Topliss-reactive ketones (excluding diaryl/α,β-unsaturated/α-hetero) is 1. The van der Waals surface area contributed by atoms with Gasteiger partial charge in [0.25, 0.3) is 0 Å². The van der Waals surface area contributed by atoms with E-state index >= 15 is 0 Å². The Kier molecular flexibility index (Phi) is 7.20. The highest BCUT2D eigenvalue weighted by Gasteiger charge is 2.59. The fraction of sp³-hybridized carbons (Fsp3) is 0.900. The molecule has 9 heteroatoms. The quantitative estimate of drug-likeness (QED) is 0.682. The third-order valence-corrected chi connectivity index (χ3v) is 6.68. The van der Waals surface area contributed by atoms with Crippen LogP contribution in [-0.4, -0.2) is 63.3 Å². The van der Waals surface area contributed by atoms with Gasteiger partial charge in [0.2, 0.25) is 0 Å². The van der Waals surface area contributed by atoms with Crippen molar-refractivity contribution in [1.29, 1.82) is 5.26 Å². The minimum atomic E-state index is -4.63. The molecule has 1 aliphatic heterocycles. The molecule has 3 aliphatic rings. The zero-order valence-electron chi connectivity index (χ0n) is 16.7. The summed E-state index contributed by atoms with van der Waals surface area (Å²) >= 11 is 0. The van der Waals surface area contributed by atoms with Crippen LogP contribution in [-0.2, 0) is 23.7 Å². The second kappa shape index (κ2) is 9.29. The van der Waals surface area contributed by atoms with Crippen molar-refractivity contribution in [2.45, 2.75) is 75.2 Å². The van der Waals surface area contributed by atoms with Crippen molar-refractivity contribution >= 4 is 5.78 Å². The van der Waals surface area contributed by atoms with Crippen molar-refractivity contribution in [2.75, 3.05) is 20.8 Å². The molecule has 0 N–H and O–H groups in total. The average molecular weight is 419 g/mol. The molecule has 3 fully saturated rings. The minimum Gasteiger partial charge on any atom is -0.379 e. The summed E-state index contributed by atoms with van der Waals surface area (Å²) in [6.07, 6.45) is -5.93. The van der Waals surface area contributed by atoms with E-state index in [4.69, 9.17) is 24.2 Å². The molecule has 164 valence electrons. The number of fused-ring (bicyclic) bond motifs is 1. The van der Waals surface area contributed by atoms with Crippen LogP contribution in [0, 0.1) is 29.1 Å². The number of ether oxygens (including phenoxy) is 4. The topological polar surface area (TPSA) is 77.8 Å². The van der Waals surface area contributed by atoms with Crippen molar-refractivity contribution < 1.29 is 36.9 Å². The smallest absolute Gasteiger partial charge is 0.379 e. The predicted octanol–water partition coefficient (Wildman–Crippen LogP) is 3.04. The molecule has 3 rings (SSSR count). The molecule has 8 unspecified atom stereocenters. The molecule has 0 bridgehead atoms. The summed E-state index contributed by atoms with van der Waals surface area (Å²) in [7, 11) is 3.07. The number of nitrogens with zero attached hydrogens (tertiary/aromatic N) is 1. The van der Waals surface area contributed by atoms with Crippen LogP contribution in [0.25, 0.3) is 0 Å². The lowest BCUT2D eigenvalue weighted by Gasteiger charge is -2.48. The summed E-state index contributed by atoms with van der Waals surface area (Å²) in [5, 5.41) is 8.65. The van der Waals surface area contributed by atoms with Gasteiger partial charge in [-0.3, -0.25) is 4.79 Å². The van der Waals surface area contributed by atoms with Crippen LogP contribution in [0.3, 0.4) is 0 Å². The molecular weight excluding hydrogens is 391 g/mol. The number of alkyl halides is 3. The summed E-state index contributed by atoms with van der Waals surface area (Å²) in [5.74, 6) is -2.58. The van der Waals surface area contributed by atoms with E-state index in [1.54, 1.807) is 7.11 Å². The lowest BCUT2D eigenvalue weighted by molar-refractivity contribution is -0.276.